The van der Waals surface area contributed by atoms with Gasteiger partial charge in [-0.2, -0.15) is 0 Å². The van der Waals surface area contributed by atoms with E-state index in [2.05, 4.69) is 15.9 Å². The summed E-state index contributed by atoms with van der Waals surface area (Å²) < 4.78 is 6.83. The van der Waals surface area contributed by atoms with Crippen LogP contribution in [0, 0.1) is 0 Å². The molecule has 90 valence electrons. The van der Waals surface area contributed by atoms with Crippen molar-refractivity contribution in [3.05, 3.63) is 70.4 Å². The van der Waals surface area contributed by atoms with Gasteiger partial charge in [-0.1, -0.05) is 46.3 Å². The van der Waals surface area contributed by atoms with Crippen molar-refractivity contribution in [1.29, 1.82) is 0 Å². The highest BCUT2D eigenvalue weighted by Gasteiger charge is 2.13. The van der Waals surface area contributed by atoms with Crippen LogP contribution in [0.5, 0.6) is 0 Å². The zero-order valence-corrected chi connectivity index (χ0v) is 11.2. The molecule has 0 aliphatic carbocycles. The molecule has 0 aliphatic rings. The van der Waals surface area contributed by atoms with Gasteiger partial charge in [0, 0.05) is 9.86 Å². The quantitative estimate of drug-likeness (QED) is 0.769. The Balaban J connectivity index is 2.04. The van der Waals surface area contributed by atoms with E-state index in [0.29, 0.717) is 0 Å². The number of rotatable bonds is 2. The highest BCUT2D eigenvalue weighted by atomic mass is 79.9. The average Bonchev–Trinajstić information content (AvgIpc) is 2.81. The molecule has 0 radical (unpaired) electrons. The van der Waals surface area contributed by atoms with Crippen molar-refractivity contribution in [3.8, 4) is 0 Å². The summed E-state index contributed by atoms with van der Waals surface area (Å²) in [6.07, 6.45) is 0. The highest BCUT2D eigenvalue weighted by molar-refractivity contribution is 9.10. The summed E-state index contributed by atoms with van der Waals surface area (Å²) in [5, 5.41) is 1.06. The lowest BCUT2D eigenvalue weighted by Gasteiger charge is -2.07. The van der Waals surface area contributed by atoms with Crippen LogP contribution in [0.3, 0.4) is 0 Å². The number of fused-ring (bicyclic) bond motifs is 1. The lowest BCUT2D eigenvalue weighted by atomic mass is 10.1. The van der Waals surface area contributed by atoms with Gasteiger partial charge >= 0.3 is 0 Å². The van der Waals surface area contributed by atoms with Crippen molar-refractivity contribution in [1.82, 2.24) is 0 Å². The molecule has 0 amide bonds. The predicted molar refractivity (Wildman–Crippen MR) is 76.4 cm³/mol. The second-order valence-electron chi connectivity index (χ2n) is 4.22. The van der Waals surface area contributed by atoms with Gasteiger partial charge in [-0.15, -0.1) is 0 Å². The van der Waals surface area contributed by atoms with E-state index >= 15 is 0 Å². The monoisotopic (exact) mass is 301 g/mol. The second kappa shape index (κ2) is 4.59. The van der Waals surface area contributed by atoms with E-state index in [1.807, 2.05) is 54.6 Å². The average molecular weight is 302 g/mol. The third kappa shape index (κ3) is 2.07. The molecule has 1 unspecified atom stereocenters. The van der Waals surface area contributed by atoms with Crippen molar-refractivity contribution < 1.29 is 4.42 Å². The molecule has 1 atom stereocenters. The van der Waals surface area contributed by atoms with Gasteiger partial charge in [0.1, 0.15) is 11.3 Å². The van der Waals surface area contributed by atoms with E-state index in [1.165, 1.54) is 0 Å². The number of nitrogens with two attached hydrogens (primary N) is 1. The Morgan fingerprint density at radius 3 is 2.56 bits per heavy atom. The third-order valence-corrected chi connectivity index (χ3v) is 3.46. The molecule has 0 spiro atoms. The van der Waals surface area contributed by atoms with E-state index in [9.17, 15) is 0 Å². The fourth-order valence-corrected chi connectivity index (χ4v) is 2.39. The maximum atomic E-state index is 6.21. The van der Waals surface area contributed by atoms with Crippen molar-refractivity contribution >= 4 is 26.9 Å². The Hall–Kier alpha value is -1.58. The lowest BCUT2D eigenvalue weighted by molar-refractivity contribution is 0.525. The Bertz CT molecular complexity index is 675. The fourth-order valence-electron chi connectivity index (χ4n) is 2.01. The second-order valence-corrected chi connectivity index (χ2v) is 5.13. The third-order valence-electron chi connectivity index (χ3n) is 2.96. The Morgan fingerprint density at radius 1 is 1.00 bits per heavy atom. The summed E-state index contributed by atoms with van der Waals surface area (Å²) in [6.45, 7) is 0. The maximum Gasteiger partial charge on any atom is 0.134 e. The lowest BCUT2D eigenvalue weighted by Crippen LogP contribution is -2.10. The highest BCUT2D eigenvalue weighted by Crippen LogP contribution is 2.28. The zero-order chi connectivity index (χ0) is 12.5. The van der Waals surface area contributed by atoms with Gasteiger partial charge in [0.2, 0.25) is 0 Å². The van der Waals surface area contributed by atoms with Crippen molar-refractivity contribution in [2.75, 3.05) is 0 Å². The van der Waals surface area contributed by atoms with Crippen LogP contribution < -0.4 is 5.73 Å². The molecular formula is C15H12BrNO. The van der Waals surface area contributed by atoms with Gasteiger partial charge in [0.05, 0.1) is 6.04 Å². The Morgan fingerprint density at radius 2 is 1.78 bits per heavy atom. The molecule has 3 heteroatoms. The molecule has 0 fully saturated rings. The van der Waals surface area contributed by atoms with E-state index < -0.39 is 0 Å². The summed E-state index contributed by atoms with van der Waals surface area (Å²) in [5.41, 5.74) is 8.12. The SMILES string of the molecule is NC(c1ccccc1)c1cc2cc(Br)ccc2o1. The van der Waals surface area contributed by atoms with Gasteiger partial charge in [0.25, 0.3) is 0 Å². The van der Waals surface area contributed by atoms with Gasteiger partial charge in [-0.3, -0.25) is 0 Å². The van der Waals surface area contributed by atoms with Crippen LogP contribution in [0.15, 0.2) is 63.5 Å². The number of hydrogen-bond acceptors (Lipinski definition) is 2. The summed E-state index contributed by atoms with van der Waals surface area (Å²) in [6, 6.07) is 17.7. The van der Waals surface area contributed by atoms with Crippen molar-refractivity contribution in [3.63, 3.8) is 0 Å². The smallest absolute Gasteiger partial charge is 0.134 e. The van der Waals surface area contributed by atoms with Crippen LogP contribution in [-0.4, -0.2) is 0 Å². The maximum absolute atomic E-state index is 6.21. The van der Waals surface area contributed by atoms with Crippen LogP contribution in [0.4, 0.5) is 0 Å². The van der Waals surface area contributed by atoms with Crippen LogP contribution in [0.1, 0.15) is 17.4 Å². The minimum absolute atomic E-state index is 0.225. The van der Waals surface area contributed by atoms with Gasteiger partial charge in [-0.05, 0) is 29.8 Å². The Kier molecular flexibility index (Phi) is 2.94. The summed E-state index contributed by atoms with van der Waals surface area (Å²) in [5.74, 6) is 0.786. The molecule has 1 heterocycles. The molecule has 18 heavy (non-hydrogen) atoms. The molecule has 0 saturated carbocycles. The van der Waals surface area contributed by atoms with Gasteiger partial charge in [0.15, 0.2) is 0 Å². The Labute approximate surface area is 114 Å². The molecule has 3 rings (SSSR count). The molecule has 2 nitrogen and oxygen atoms in total. The first-order chi connectivity index (χ1) is 8.74. The first kappa shape index (κ1) is 11.5. The molecule has 2 aromatic carbocycles. The molecule has 0 saturated heterocycles. The first-order valence-corrected chi connectivity index (χ1v) is 6.53. The summed E-state index contributed by atoms with van der Waals surface area (Å²) in [7, 11) is 0. The van der Waals surface area contributed by atoms with Crippen LogP contribution >= 0.6 is 15.9 Å². The molecule has 3 aromatic rings. The van der Waals surface area contributed by atoms with E-state index in [0.717, 1.165) is 26.8 Å². The number of halogens is 1. The van der Waals surface area contributed by atoms with E-state index in [1.54, 1.807) is 0 Å². The molecule has 0 bridgehead atoms. The topological polar surface area (TPSA) is 39.2 Å². The minimum atomic E-state index is -0.225. The first-order valence-electron chi connectivity index (χ1n) is 5.73. The largest absolute Gasteiger partial charge is 0.459 e. The molecule has 2 N–H and O–H groups in total. The van der Waals surface area contributed by atoms with Gasteiger partial charge < -0.3 is 10.2 Å². The summed E-state index contributed by atoms with van der Waals surface area (Å²) >= 11 is 3.45. The van der Waals surface area contributed by atoms with Crippen LogP contribution in [0.2, 0.25) is 0 Å². The number of benzene rings is 2. The predicted octanol–water partition coefficient (Wildman–Crippen LogP) is 4.24. The molecule has 1 aromatic heterocycles. The standard InChI is InChI=1S/C15H12BrNO/c16-12-6-7-13-11(8-12)9-14(18-13)15(17)10-4-2-1-3-5-10/h1-9,15H,17H2. The van der Waals surface area contributed by atoms with Crippen LogP contribution in [0.25, 0.3) is 11.0 Å². The fraction of sp³-hybridized carbons (Fsp3) is 0.0667. The van der Waals surface area contributed by atoms with Crippen molar-refractivity contribution in [2.24, 2.45) is 5.73 Å². The van der Waals surface area contributed by atoms with E-state index in [4.69, 9.17) is 10.2 Å². The molecular weight excluding hydrogens is 290 g/mol. The van der Waals surface area contributed by atoms with E-state index in [-0.39, 0.29) is 6.04 Å². The molecule has 0 aliphatic heterocycles. The van der Waals surface area contributed by atoms with Crippen molar-refractivity contribution in [2.45, 2.75) is 6.04 Å². The number of furan rings is 1. The normalized spacial score (nSPS) is 12.8. The van der Waals surface area contributed by atoms with Gasteiger partial charge in [-0.25, -0.2) is 0 Å². The van der Waals surface area contributed by atoms with Crippen LogP contribution in [-0.2, 0) is 0 Å². The minimum Gasteiger partial charge on any atom is -0.459 e. The summed E-state index contributed by atoms with van der Waals surface area (Å²) in [4.78, 5) is 0. The number of hydrogen-bond donors (Lipinski definition) is 1. The zero-order valence-electron chi connectivity index (χ0n) is 9.64.